The van der Waals surface area contributed by atoms with Crippen molar-refractivity contribution in [1.82, 2.24) is 15.5 Å². The van der Waals surface area contributed by atoms with Crippen LogP contribution in [0.4, 0.5) is 13.2 Å². The summed E-state index contributed by atoms with van der Waals surface area (Å²) in [5.41, 5.74) is 0.366. The average molecular weight is 489 g/mol. The molecule has 0 spiro atoms. The first-order chi connectivity index (χ1) is 16.1. The third-order valence-corrected chi connectivity index (χ3v) is 4.94. The van der Waals surface area contributed by atoms with Crippen molar-refractivity contribution in [1.29, 1.82) is 0 Å². The average Bonchev–Trinajstić information content (AvgIpc) is 3.36. The lowest BCUT2D eigenvalue weighted by Gasteiger charge is -2.15. The number of hydrogen-bond donors (Lipinski definition) is 3. The van der Waals surface area contributed by atoms with Gasteiger partial charge in [-0.05, 0) is 24.3 Å². The fourth-order valence-electron chi connectivity index (χ4n) is 3.22. The zero-order chi connectivity index (χ0) is 24.9. The van der Waals surface area contributed by atoms with E-state index in [-0.39, 0.29) is 37.5 Å². The number of aliphatic hydroxyl groups excluding tert-OH is 2. The summed E-state index contributed by atoms with van der Waals surface area (Å²) >= 11 is 0. The molecule has 14 heteroatoms. The molecule has 4 unspecified atom stereocenters. The molecule has 186 valence electrons. The summed E-state index contributed by atoms with van der Waals surface area (Å²) in [6.45, 7) is -0.101. The van der Waals surface area contributed by atoms with Crippen molar-refractivity contribution in [2.45, 2.75) is 50.0 Å². The Labute approximate surface area is 190 Å². The molecule has 1 aromatic carbocycles. The molecule has 1 aliphatic rings. The van der Waals surface area contributed by atoms with E-state index in [1.807, 2.05) is 0 Å². The van der Waals surface area contributed by atoms with E-state index in [4.69, 9.17) is 9.26 Å². The smallest absolute Gasteiger partial charge is 0.469 e. The number of ether oxygens (including phenoxy) is 3. The number of benzene rings is 1. The van der Waals surface area contributed by atoms with Crippen LogP contribution in [0.5, 0.6) is 5.75 Å². The van der Waals surface area contributed by atoms with Crippen LogP contribution in [0, 0.1) is 0 Å². The van der Waals surface area contributed by atoms with Crippen molar-refractivity contribution < 1.29 is 51.7 Å². The number of nitrogens with zero attached hydrogens (tertiary/aromatic N) is 2. The Kier molecular flexibility index (Phi) is 8.06. The minimum absolute atomic E-state index is 0.0598. The topological polar surface area (TPSA) is 153 Å². The van der Waals surface area contributed by atoms with Gasteiger partial charge in [0, 0.05) is 18.5 Å². The number of aliphatic hydroxyl groups is 2. The Balaban J connectivity index is 1.53. The van der Waals surface area contributed by atoms with Gasteiger partial charge < -0.3 is 34.3 Å². The summed E-state index contributed by atoms with van der Waals surface area (Å²) < 4.78 is 55.8. The summed E-state index contributed by atoms with van der Waals surface area (Å²) in [5.74, 6) is -1.24. The molecular weight excluding hydrogens is 467 g/mol. The molecule has 4 atom stereocenters. The van der Waals surface area contributed by atoms with E-state index in [9.17, 15) is 33.0 Å². The predicted molar refractivity (Wildman–Crippen MR) is 105 cm³/mol. The molecule has 1 aliphatic heterocycles. The lowest BCUT2D eigenvalue weighted by molar-refractivity contribution is -0.274. The molecule has 2 aromatic rings. The van der Waals surface area contributed by atoms with Crippen LogP contribution in [0.3, 0.4) is 0 Å². The van der Waals surface area contributed by atoms with E-state index in [0.717, 1.165) is 12.1 Å². The molecule has 0 radical (unpaired) electrons. The zero-order valence-corrected chi connectivity index (χ0v) is 17.8. The number of alkyl halides is 3. The third-order valence-electron chi connectivity index (χ3n) is 4.94. The fourth-order valence-corrected chi connectivity index (χ4v) is 3.22. The second kappa shape index (κ2) is 10.8. The van der Waals surface area contributed by atoms with Gasteiger partial charge >= 0.3 is 12.3 Å². The largest absolute Gasteiger partial charge is 0.573 e. The summed E-state index contributed by atoms with van der Waals surface area (Å²) in [6.07, 6.45) is -9.49. The second-order valence-corrected chi connectivity index (χ2v) is 7.36. The molecule has 2 heterocycles. The third kappa shape index (κ3) is 6.88. The molecule has 0 saturated carbocycles. The van der Waals surface area contributed by atoms with Gasteiger partial charge in [-0.3, -0.25) is 9.59 Å². The maximum Gasteiger partial charge on any atom is 0.573 e. The van der Waals surface area contributed by atoms with Crippen LogP contribution in [0.25, 0.3) is 11.4 Å². The highest BCUT2D eigenvalue weighted by atomic mass is 19.4. The zero-order valence-electron chi connectivity index (χ0n) is 17.8. The van der Waals surface area contributed by atoms with Crippen LogP contribution >= 0.6 is 0 Å². The van der Waals surface area contributed by atoms with Crippen molar-refractivity contribution in [3.05, 3.63) is 30.2 Å². The molecule has 11 nitrogen and oxygen atoms in total. The quantitative estimate of drug-likeness (QED) is 0.430. The molecule has 3 N–H and O–H groups in total. The van der Waals surface area contributed by atoms with Gasteiger partial charge in [-0.15, -0.1) is 13.2 Å². The van der Waals surface area contributed by atoms with E-state index < -0.39 is 48.4 Å². The van der Waals surface area contributed by atoms with Crippen molar-refractivity contribution in [2.75, 3.05) is 13.7 Å². The molecule has 0 bridgehead atoms. The van der Waals surface area contributed by atoms with Crippen LogP contribution in [0.1, 0.15) is 18.7 Å². The first-order valence-corrected chi connectivity index (χ1v) is 10.1. The number of carbonyl (C=O) groups is 2. The number of hydrogen-bond acceptors (Lipinski definition) is 10. The second-order valence-electron chi connectivity index (χ2n) is 7.36. The van der Waals surface area contributed by atoms with Gasteiger partial charge in [0.1, 0.15) is 24.1 Å². The Bertz CT molecular complexity index is 982. The van der Waals surface area contributed by atoms with E-state index in [0.29, 0.717) is 5.56 Å². The van der Waals surface area contributed by atoms with Gasteiger partial charge in [0.2, 0.25) is 17.6 Å². The molecule has 1 fully saturated rings. The lowest BCUT2D eigenvalue weighted by atomic mass is 10.1. The number of esters is 1. The number of rotatable bonds is 9. The van der Waals surface area contributed by atoms with Crippen LogP contribution in [-0.2, 0) is 25.5 Å². The normalized spacial score (nSPS) is 22.4. The Morgan fingerprint density at radius 2 is 1.79 bits per heavy atom. The summed E-state index contributed by atoms with van der Waals surface area (Å²) in [4.78, 5) is 27.0. The molecule has 1 aromatic heterocycles. The molecule has 3 rings (SSSR count). The minimum atomic E-state index is -4.81. The maximum absolute atomic E-state index is 12.3. The Morgan fingerprint density at radius 1 is 1.12 bits per heavy atom. The van der Waals surface area contributed by atoms with E-state index in [1.165, 1.54) is 19.2 Å². The van der Waals surface area contributed by atoms with Gasteiger partial charge in [0.15, 0.2) is 0 Å². The maximum atomic E-state index is 12.3. The highest BCUT2D eigenvalue weighted by Crippen LogP contribution is 2.27. The van der Waals surface area contributed by atoms with Crippen molar-refractivity contribution in [3.63, 3.8) is 0 Å². The van der Waals surface area contributed by atoms with Crippen LogP contribution in [0.15, 0.2) is 28.8 Å². The van der Waals surface area contributed by atoms with Crippen molar-refractivity contribution >= 4 is 11.9 Å². The van der Waals surface area contributed by atoms with E-state index in [1.54, 1.807) is 0 Å². The summed E-state index contributed by atoms with van der Waals surface area (Å²) in [6, 6.07) is 4.84. The summed E-state index contributed by atoms with van der Waals surface area (Å²) in [7, 11) is 1.21. The Hall–Kier alpha value is -3.23. The monoisotopic (exact) mass is 489 g/mol. The number of halogens is 3. The van der Waals surface area contributed by atoms with Crippen LogP contribution < -0.4 is 10.1 Å². The van der Waals surface area contributed by atoms with Crippen molar-refractivity contribution in [3.8, 4) is 17.1 Å². The number of amides is 1. The van der Waals surface area contributed by atoms with Crippen molar-refractivity contribution in [2.24, 2.45) is 0 Å². The molecule has 1 saturated heterocycles. The van der Waals surface area contributed by atoms with Crippen LogP contribution in [0.2, 0.25) is 0 Å². The minimum Gasteiger partial charge on any atom is -0.469 e. The van der Waals surface area contributed by atoms with E-state index >= 15 is 0 Å². The van der Waals surface area contributed by atoms with Gasteiger partial charge in [0.25, 0.3) is 0 Å². The predicted octanol–water partition coefficient (Wildman–Crippen LogP) is 0.736. The van der Waals surface area contributed by atoms with Gasteiger partial charge in [0.05, 0.1) is 26.1 Å². The summed E-state index contributed by atoms with van der Waals surface area (Å²) in [5, 5.41) is 26.7. The fraction of sp³-hybridized carbons (Fsp3) is 0.500. The number of nitrogens with one attached hydrogen (secondary N) is 1. The standard InChI is InChI=1S/C20H22F3N3O8/c1-31-16(28)7-6-14(27)24-9-13-18(30)17(29)12(32-13)8-15-25-19(26-34-15)10-2-4-11(5-3-10)33-20(21,22)23/h2-5,12-13,17-18,29-30H,6-9H2,1H3,(H,24,27). The molecule has 1 amide bonds. The molecule has 0 aliphatic carbocycles. The lowest BCUT2D eigenvalue weighted by Crippen LogP contribution is -2.40. The van der Waals surface area contributed by atoms with Gasteiger partial charge in [-0.2, -0.15) is 4.98 Å². The van der Waals surface area contributed by atoms with Gasteiger partial charge in [-0.1, -0.05) is 5.16 Å². The highest BCUT2D eigenvalue weighted by Gasteiger charge is 2.43. The first kappa shape index (κ1) is 25.4. The SMILES string of the molecule is COC(=O)CCC(=O)NCC1OC(Cc2nc(-c3ccc(OC(F)(F)F)cc3)no2)C(O)C1O. The highest BCUT2D eigenvalue weighted by molar-refractivity contribution is 5.81. The number of carbonyl (C=O) groups excluding carboxylic acids is 2. The van der Waals surface area contributed by atoms with Gasteiger partial charge in [-0.25, -0.2) is 0 Å². The first-order valence-electron chi connectivity index (χ1n) is 10.1. The Morgan fingerprint density at radius 3 is 2.44 bits per heavy atom. The number of methoxy groups -OCH3 is 1. The van der Waals surface area contributed by atoms with Crippen LogP contribution in [-0.4, -0.2) is 76.7 Å². The molecular formula is C20H22F3N3O8. The number of aromatic nitrogens is 2. The van der Waals surface area contributed by atoms with E-state index in [2.05, 4.69) is 24.9 Å². The molecule has 34 heavy (non-hydrogen) atoms.